The lowest BCUT2D eigenvalue weighted by Gasteiger charge is -2.20. The molecule has 0 aliphatic heterocycles. The highest BCUT2D eigenvalue weighted by Crippen LogP contribution is 2.33. The van der Waals surface area contributed by atoms with E-state index in [1.54, 1.807) is 0 Å². The average molecular weight is 242 g/mol. The first-order valence-corrected chi connectivity index (χ1v) is 6.99. The van der Waals surface area contributed by atoms with Crippen molar-refractivity contribution in [1.29, 1.82) is 0 Å². The number of hydrogen-bond donors (Lipinski definition) is 0. The predicted molar refractivity (Wildman–Crippen MR) is 76.3 cm³/mol. The van der Waals surface area contributed by atoms with Gasteiger partial charge in [-0.2, -0.15) is 0 Å². The van der Waals surface area contributed by atoms with Gasteiger partial charge in [0.2, 0.25) is 0 Å². The van der Waals surface area contributed by atoms with Crippen molar-refractivity contribution in [3.05, 3.63) is 41.5 Å². The van der Waals surface area contributed by atoms with Crippen LogP contribution in [0.5, 0.6) is 0 Å². The Bertz CT molecular complexity index is 440. The standard InChI is InChI=1S/C17H22O/c1-13(2)11-12-16-15(9-6-10-17(16)18)14-7-4-3-5-8-14/h3-5,7-8,13H,6,9-12H2,1-2H3. The third kappa shape index (κ3) is 3.10. The van der Waals surface area contributed by atoms with Gasteiger partial charge < -0.3 is 0 Å². The van der Waals surface area contributed by atoms with Gasteiger partial charge in [-0.3, -0.25) is 4.79 Å². The van der Waals surface area contributed by atoms with Crippen LogP contribution in [0, 0.1) is 5.92 Å². The van der Waals surface area contributed by atoms with E-state index in [2.05, 4.69) is 38.1 Å². The van der Waals surface area contributed by atoms with Crippen LogP contribution >= 0.6 is 0 Å². The quantitative estimate of drug-likeness (QED) is 0.752. The van der Waals surface area contributed by atoms with Crippen molar-refractivity contribution in [3.63, 3.8) is 0 Å². The molecule has 1 aliphatic rings. The van der Waals surface area contributed by atoms with E-state index >= 15 is 0 Å². The second kappa shape index (κ2) is 5.99. The summed E-state index contributed by atoms with van der Waals surface area (Å²) in [6.07, 6.45) is 4.86. The summed E-state index contributed by atoms with van der Waals surface area (Å²) in [6, 6.07) is 10.4. The zero-order valence-electron chi connectivity index (χ0n) is 11.4. The topological polar surface area (TPSA) is 17.1 Å². The molecule has 0 unspecified atom stereocenters. The highest BCUT2D eigenvalue weighted by atomic mass is 16.1. The minimum atomic E-state index is 0.376. The van der Waals surface area contributed by atoms with Crippen LogP contribution in [0.1, 0.15) is 51.5 Å². The molecule has 1 heteroatoms. The van der Waals surface area contributed by atoms with Crippen molar-refractivity contribution >= 4 is 11.4 Å². The summed E-state index contributed by atoms with van der Waals surface area (Å²) in [5.41, 5.74) is 3.64. The smallest absolute Gasteiger partial charge is 0.159 e. The molecular weight excluding hydrogens is 220 g/mol. The maximum absolute atomic E-state index is 12.1. The van der Waals surface area contributed by atoms with Gasteiger partial charge in [0, 0.05) is 6.42 Å². The molecule has 2 rings (SSSR count). The Hall–Kier alpha value is -1.37. The van der Waals surface area contributed by atoms with E-state index in [1.165, 1.54) is 11.1 Å². The third-order valence-electron chi connectivity index (χ3n) is 3.63. The molecule has 1 nitrogen and oxygen atoms in total. The lowest BCUT2D eigenvalue weighted by atomic mass is 9.83. The Morgan fingerprint density at radius 1 is 1.11 bits per heavy atom. The molecule has 0 fully saturated rings. The second-order valence-electron chi connectivity index (χ2n) is 5.53. The van der Waals surface area contributed by atoms with E-state index in [4.69, 9.17) is 0 Å². The Morgan fingerprint density at radius 3 is 2.50 bits per heavy atom. The summed E-state index contributed by atoms with van der Waals surface area (Å²) in [5.74, 6) is 1.03. The lowest BCUT2D eigenvalue weighted by Crippen LogP contribution is -2.12. The zero-order chi connectivity index (χ0) is 13.0. The molecule has 18 heavy (non-hydrogen) atoms. The minimum Gasteiger partial charge on any atom is -0.295 e. The summed E-state index contributed by atoms with van der Waals surface area (Å²) in [6.45, 7) is 4.44. The normalized spacial score (nSPS) is 16.5. The van der Waals surface area contributed by atoms with Crippen LogP contribution in [0.15, 0.2) is 35.9 Å². The maximum atomic E-state index is 12.1. The minimum absolute atomic E-state index is 0.376. The number of hydrogen-bond acceptors (Lipinski definition) is 1. The van der Waals surface area contributed by atoms with E-state index in [1.807, 2.05) is 6.07 Å². The second-order valence-corrected chi connectivity index (χ2v) is 5.53. The molecular formula is C17H22O. The summed E-state index contributed by atoms with van der Waals surface area (Å²) >= 11 is 0. The van der Waals surface area contributed by atoms with Crippen LogP contribution in [-0.2, 0) is 4.79 Å². The fourth-order valence-electron chi connectivity index (χ4n) is 2.58. The largest absolute Gasteiger partial charge is 0.295 e. The number of Topliss-reactive ketones (excluding diaryl/α,β-unsaturated/α-hetero) is 1. The van der Waals surface area contributed by atoms with Gasteiger partial charge in [0.15, 0.2) is 5.78 Å². The van der Waals surface area contributed by atoms with Crippen LogP contribution in [0.4, 0.5) is 0 Å². The Kier molecular flexibility index (Phi) is 4.35. The van der Waals surface area contributed by atoms with Gasteiger partial charge in [0.05, 0.1) is 0 Å². The fraction of sp³-hybridized carbons (Fsp3) is 0.471. The Morgan fingerprint density at radius 2 is 1.83 bits per heavy atom. The molecule has 0 spiro atoms. The highest BCUT2D eigenvalue weighted by molar-refractivity contribution is 6.04. The molecule has 96 valence electrons. The van der Waals surface area contributed by atoms with Crippen LogP contribution in [0.2, 0.25) is 0 Å². The van der Waals surface area contributed by atoms with Crippen LogP contribution < -0.4 is 0 Å². The average Bonchev–Trinajstić information content (AvgIpc) is 2.38. The van der Waals surface area contributed by atoms with Gasteiger partial charge in [0.1, 0.15) is 0 Å². The number of carbonyl (C=O) groups excluding carboxylic acids is 1. The summed E-state index contributed by atoms with van der Waals surface area (Å²) in [5, 5.41) is 0. The molecule has 0 N–H and O–H groups in total. The maximum Gasteiger partial charge on any atom is 0.159 e. The predicted octanol–water partition coefficient (Wildman–Crippen LogP) is 4.63. The number of carbonyl (C=O) groups is 1. The summed E-state index contributed by atoms with van der Waals surface area (Å²) in [7, 11) is 0. The van der Waals surface area contributed by atoms with Crippen LogP contribution in [0.3, 0.4) is 0 Å². The molecule has 0 saturated carbocycles. The first-order chi connectivity index (χ1) is 8.68. The van der Waals surface area contributed by atoms with E-state index in [0.29, 0.717) is 11.7 Å². The Balaban J connectivity index is 2.30. The van der Waals surface area contributed by atoms with E-state index in [-0.39, 0.29) is 0 Å². The number of benzene rings is 1. The van der Waals surface area contributed by atoms with Crippen molar-refractivity contribution in [1.82, 2.24) is 0 Å². The monoisotopic (exact) mass is 242 g/mol. The molecule has 0 heterocycles. The van der Waals surface area contributed by atoms with Gasteiger partial charge in [-0.1, -0.05) is 44.2 Å². The molecule has 1 aromatic carbocycles. The third-order valence-corrected chi connectivity index (χ3v) is 3.63. The van der Waals surface area contributed by atoms with E-state index < -0.39 is 0 Å². The van der Waals surface area contributed by atoms with Gasteiger partial charge >= 0.3 is 0 Å². The molecule has 1 aliphatic carbocycles. The summed E-state index contributed by atoms with van der Waals surface area (Å²) < 4.78 is 0. The zero-order valence-corrected chi connectivity index (χ0v) is 11.4. The molecule has 0 atom stereocenters. The molecule has 0 saturated heterocycles. The SMILES string of the molecule is CC(C)CCC1=C(c2ccccc2)CCCC1=O. The molecule has 0 bridgehead atoms. The van der Waals surface area contributed by atoms with Crippen molar-refractivity contribution in [2.45, 2.75) is 46.0 Å². The van der Waals surface area contributed by atoms with E-state index in [9.17, 15) is 4.79 Å². The van der Waals surface area contributed by atoms with E-state index in [0.717, 1.165) is 37.7 Å². The van der Waals surface area contributed by atoms with Crippen LogP contribution in [-0.4, -0.2) is 5.78 Å². The Labute approximate surface area is 110 Å². The van der Waals surface area contributed by atoms with Crippen molar-refractivity contribution in [3.8, 4) is 0 Å². The van der Waals surface area contributed by atoms with Gasteiger partial charge in [-0.15, -0.1) is 0 Å². The van der Waals surface area contributed by atoms with Gasteiger partial charge in [0.25, 0.3) is 0 Å². The van der Waals surface area contributed by atoms with Crippen LogP contribution in [0.25, 0.3) is 5.57 Å². The first kappa shape index (κ1) is 13.1. The first-order valence-electron chi connectivity index (χ1n) is 6.99. The van der Waals surface area contributed by atoms with Gasteiger partial charge in [-0.05, 0) is 48.3 Å². The van der Waals surface area contributed by atoms with Crippen molar-refractivity contribution < 1.29 is 4.79 Å². The molecule has 0 amide bonds. The van der Waals surface area contributed by atoms with Gasteiger partial charge in [-0.25, -0.2) is 0 Å². The number of rotatable bonds is 4. The lowest BCUT2D eigenvalue weighted by molar-refractivity contribution is -0.116. The fourth-order valence-corrected chi connectivity index (χ4v) is 2.58. The highest BCUT2D eigenvalue weighted by Gasteiger charge is 2.21. The van der Waals surface area contributed by atoms with Crippen molar-refractivity contribution in [2.24, 2.45) is 5.92 Å². The summed E-state index contributed by atoms with van der Waals surface area (Å²) in [4.78, 5) is 12.1. The number of allylic oxidation sites excluding steroid dienone is 2. The molecule has 0 aromatic heterocycles. The number of ketones is 1. The van der Waals surface area contributed by atoms with Crippen molar-refractivity contribution in [2.75, 3.05) is 0 Å². The molecule has 0 radical (unpaired) electrons. The molecule has 1 aromatic rings.